The minimum Gasteiger partial charge on any atom is -0.445 e. The molecule has 0 saturated carbocycles. The zero-order valence-electron chi connectivity index (χ0n) is 10.8. The molecule has 1 fully saturated rings. The smallest absolute Gasteiger partial charge is 0.407 e. The van der Waals surface area contributed by atoms with Gasteiger partial charge in [0.05, 0.1) is 6.04 Å². The van der Waals surface area contributed by atoms with Crippen molar-refractivity contribution in [3.05, 3.63) is 35.9 Å². The highest BCUT2D eigenvalue weighted by Crippen LogP contribution is 2.11. The highest BCUT2D eigenvalue weighted by molar-refractivity contribution is 5.67. The number of carbonyl (C=O) groups is 1. The summed E-state index contributed by atoms with van der Waals surface area (Å²) in [5.41, 5.74) is 0.914. The van der Waals surface area contributed by atoms with Crippen molar-refractivity contribution in [3.63, 3.8) is 0 Å². The second-order valence-electron chi connectivity index (χ2n) is 4.66. The molecule has 5 heteroatoms. The number of hydrogen-bond donors (Lipinski definition) is 2. The van der Waals surface area contributed by atoms with E-state index in [9.17, 15) is 9.18 Å². The lowest BCUT2D eigenvalue weighted by Crippen LogP contribution is -2.41. The first-order valence-electron chi connectivity index (χ1n) is 6.57. The molecule has 1 saturated heterocycles. The van der Waals surface area contributed by atoms with Crippen molar-refractivity contribution in [3.8, 4) is 0 Å². The Morgan fingerprint density at radius 1 is 1.32 bits per heavy atom. The van der Waals surface area contributed by atoms with Crippen LogP contribution in [0.1, 0.15) is 18.4 Å². The summed E-state index contributed by atoms with van der Waals surface area (Å²) in [5, 5.41) is 5.71. The molecule has 0 aromatic heterocycles. The largest absolute Gasteiger partial charge is 0.445 e. The third kappa shape index (κ3) is 4.52. The van der Waals surface area contributed by atoms with Gasteiger partial charge in [-0.2, -0.15) is 0 Å². The molecule has 104 valence electrons. The van der Waals surface area contributed by atoms with Gasteiger partial charge in [-0.05, 0) is 31.5 Å². The first-order valence-corrected chi connectivity index (χ1v) is 6.57. The fraction of sp³-hybridized carbons (Fsp3) is 0.500. The van der Waals surface area contributed by atoms with E-state index in [1.165, 1.54) is 0 Å². The number of rotatable bonds is 3. The summed E-state index contributed by atoms with van der Waals surface area (Å²) in [6, 6.07) is 8.95. The normalized spacial score (nSPS) is 23.4. The summed E-state index contributed by atoms with van der Waals surface area (Å²) in [4.78, 5) is 11.6. The number of hydrogen-bond acceptors (Lipinski definition) is 3. The second-order valence-corrected chi connectivity index (χ2v) is 4.66. The molecule has 1 amide bonds. The van der Waals surface area contributed by atoms with Crippen LogP contribution in [0.5, 0.6) is 0 Å². The van der Waals surface area contributed by atoms with E-state index in [1.54, 1.807) is 0 Å². The van der Waals surface area contributed by atoms with E-state index < -0.39 is 18.3 Å². The molecule has 1 aliphatic heterocycles. The molecule has 19 heavy (non-hydrogen) atoms. The van der Waals surface area contributed by atoms with Gasteiger partial charge in [-0.15, -0.1) is 0 Å². The molecule has 2 unspecified atom stereocenters. The van der Waals surface area contributed by atoms with E-state index in [1.807, 2.05) is 30.3 Å². The van der Waals surface area contributed by atoms with Crippen LogP contribution < -0.4 is 10.6 Å². The predicted octanol–water partition coefficient (Wildman–Crippen LogP) is 2.00. The summed E-state index contributed by atoms with van der Waals surface area (Å²) < 4.78 is 18.8. The van der Waals surface area contributed by atoms with Gasteiger partial charge in [-0.1, -0.05) is 30.3 Å². The van der Waals surface area contributed by atoms with Crippen molar-refractivity contribution in [2.45, 2.75) is 31.7 Å². The lowest BCUT2D eigenvalue weighted by molar-refractivity contribution is 0.126. The van der Waals surface area contributed by atoms with Gasteiger partial charge in [0.25, 0.3) is 0 Å². The molecule has 4 nitrogen and oxygen atoms in total. The lowest BCUT2D eigenvalue weighted by Gasteiger charge is -2.19. The summed E-state index contributed by atoms with van der Waals surface area (Å²) in [7, 11) is 0. The van der Waals surface area contributed by atoms with Crippen LogP contribution in [-0.4, -0.2) is 31.4 Å². The Hall–Kier alpha value is -1.62. The number of benzene rings is 1. The van der Waals surface area contributed by atoms with E-state index in [4.69, 9.17) is 4.74 Å². The van der Waals surface area contributed by atoms with Crippen molar-refractivity contribution >= 4 is 6.09 Å². The molecular weight excluding hydrogens is 247 g/mol. The molecular formula is C14H19FN2O2. The van der Waals surface area contributed by atoms with Crippen LogP contribution >= 0.6 is 0 Å². The van der Waals surface area contributed by atoms with Gasteiger partial charge in [-0.25, -0.2) is 9.18 Å². The van der Waals surface area contributed by atoms with E-state index in [0.29, 0.717) is 25.9 Å². The van der Waals surface area contributed by atoms with Crippen LogP contribution in [-0.2, 0) is 11.3 Å². The highest BCUT2D eigenvalue weighted by Gasteiger charge is 2.25. The van der Waals surface area contributed by atoms with Crippen LogP contribution in [0.3, 0.4) is 0 Å². The number of ether oxygens (including phenoxy) is 1. The van der Waals surface area contributed by atoms with E-state index in [2.05, 4.69) is 10.6 Å². The summed E-state index contributed by atoms with van der Waals surface area (Å²) in [5.74, 6) is 0. The van der Waals surface area contributed by atoms with Crippen molar-refractivity contribution in [1.29, 1.82) is 0 Å². The van der Waals surface area contributed by atoms with Gasteiger partial charge in [-0.3, -0.25) is 0 Å². The summed E-state index contributed by atoms with van der Waals surface area (Å²) in [6.07, 6.45) is -0.566. The number of carbonyl (C=O) groups excluding carboxylic acids is 1. The average molecular weight is 266 g/mol. The summed E-state index contributed by atoms with van der Waals surface area (Å²) >= 11 is 0. The molecule has 0 spiro atoms. The number of amides is 1. The molecule has 0 radical (unpaired) electrons. The Morgan fingerprint density at radius 2 is 2.05 bits per heavy atom. The molecule has 1 aromatic carbocycles. The fourth-order valence-electron chi connectivity index (χ4n) is 2.08. The Bertz CT molecular complexity index is 400. The molecule has 1 heterocycles. The third-order valence-electron chi connectivity index (χ3n) is 3.18. The predicted molar refractivity (Wildman–Crippen MR) is 70.6 cm³/mol. The van der Waals surface area contributed by atoms with Crippen LogP contribution in [0.4, 0.5) is 9.18 Å². The Morgan fingerprint density at radius 3 is 2.84 bits per heavy atom. The molecule has 1 aromatic rings. The van der Waals surface area contributed by atoms with Crippen LogP contribution in [0.25, 0.3) is 0 Å². The average Bonchev–Trinajstić information content (AvgIpc) is 2.63. The van der Waals surface area contributed by atoms with Gasteiger partial charge in [0.15, 0.2) is 0 Å². The zero-order valence-corrected chi connectivity index (χ0v) is 10.8. The minimum absolute atomic E-state index is 0.203. The molecule has 1 aliphatic rings. The van der Waals surface area contributed by atoms with E-state index in [0.717, 1.165) is 5.56 Å². The maximum Gasteiger partial charge on any atom is 0.407 e. The van der Waals surface area contributed by atoms with Gasteiger partial charge < -0.3 is 15.4 Å². The van der Waals surface area contributed by atoms with Crippen LogP contribution in [0.2, 0.25) is 0 Å². The SMILES string of the molecule is O=C(NC1CCNCCC1F)OCc1ccccc1. The minimum atomic E-state index is -1.01. The van der Waals surface area contributed by atoms with Crippen molar-refractivity contribution in [2.24, 2.45) is 0 Å². The Kier molecular flexibility index (Phi) is 5.15. The van der Waals surface area contributed by atoms with Crippen LogP contribution in [0.15, 0.2) is 30.3 Å². The molecule has 2 rings (SSSR count). The number of alkyl carbamates (subject to hydrolysis) is 1. The molecule has 2 atom stereocenters. The maximum absolute atomic E-state index is 13.7. The van der Waals surface area contributed by atoms with Crippen molar-refractivity contribution in [1.82, 2.24) is 10.6 Å². The molecule has 0 bridgehead atoms. The number of halogens is 1. The zero-order chi connectivity index (χ0) is 13.5. The van der Waals surface area contributed by atoms with E-state index >= 15 is 0 Å². The standard InChI is InChI=1S/C14H19FN2O2/c15-12-6-8-16-9-7-13(12)17-14(18)19-10-11-4-2-1-3-5-11/h1-5,12-13,16H,6-10H2,(H,17,18). The molecule has 2 N–H and O–H groups in total. The van der Waals surface area contributed by atoms with Crippen molar-refractivity contribution < 1.29 is 13.9 Å². The number of alkyl halides is 1. The first-order chi connectivity index (χ1) is 9.25. The van der Waals surface area contributed by atoms with Crippen molar-refractivity contribution in [2.75, 3.05) is 13.1 Å². The Balaban J connectivity index is 1.77. The lowest BCUT2D eigenvalue weighted by atomic mass is 10.1. The topological polar surface area (TPSA) is 50.4 Å². The van der Waals surface area contributed by atoms with Crippen LogP contribution in [0, 0.1) is 0 Å². The summed E-state index contributed by atoms with van der Waals surface area (Å²) in [6.45, 7) is 1.57. The quantitative estimate of drug-likeness (QED) is 0.880. The van der Waals surface area contributed by atoms with Gasteiger partial charge in [0.2, 0.25) is 0 Å². The van der Waals surface area contributed by atoms with Gasteiger partial charge in [0, 0.05) is 0 Å². The Labute approximate surface area is 112 Å². The maximum atomic E-state index is 13.7. The first kappa shape index (κ1) is 13.8. The number of nitrogens with one attached hydrogen (secondary N) is 2. The van der Waals surface area contributed by atoms with E-state index in [-0.39, 0.29) is 6.61 Å². The fourth-order valence-corrected chi connectivity index (χ4v) is 2.08. The second kappa shape index (κ2) is 7.09. The molecule has 0 aliphatic carbocycles. The third-order valence-corrected chi connectivity index (χ3v) is 3.18. The van der Waals surface area contributed by atoms with Gasteiger partial charge in [0.1, 0.15) is 12.8 Å². The highest BCUT2D eigenvalue weighted by atomic mass is 19.1. The van der Waals surface area contributed by atoms with Gasteiger partial charge >= 0.3 is 6.09 Å². The monoisotopic (exact) mass is 266 g/mol.